The summed E-state index contributed by atoms with van der Waals surface area (Å²) in [6, 6.07) is 2.00. The van der Waals surface area contributed by atoms with Crippen LogP contribution in [-0.2, 0) is 14.8 Å². The summed E-state index contributed by atoms with van der Waals surface area (Å²) in [7, 11) is -2.56. The minimum atomic E-state index is -3.93. The lowest BCUT2D eigenvalue weighted by molar-refractivity contribution is -0.121. The third-order valence-electron chi connectivity index (χ3n) is 3.30. The zero-order valence-electron chi connectivity index (χ0n) is 11.2. The van der Waals surface area contributed by atoms with Gasteiger partial charge in [-0.1, -0.05) is 11.6 Å². The van der Waals surface area contributed by atoms with Gasteiger partial charge in [0.2, 0.25) is 15.9 Å². The molecule has 21 heavy (non-hydrogen) atoms. The molecule has 1 fully saturated rings. The number of amides is 1. The Bertz CT molecular complexity index is 680. The first-order valence-corrected chi connectivity index (χ1v) is 8.74. The van der Waals surface area contributed by atoms with Gasteiger partial charge in [0.15, 0.2) is 5.75 Å². The maximum absolute atomic E-state index is 12.8. The van der Waals surface area contributed by atoms with Crippen LogP contribution in [0.5, 0.6) is 5.75 Å². The Labute approximate surface area is 136 Å². The topological polar surface area (TPSA) is 89.7 Å². The second kappa shape index (κ2) is 6.12. The van der Waals surface area contributed by atoms with Gasteiger partial charge < -0.3 is 10.5 Å². The molecule has 1 unspecified atom stereocenters. The van der Waals surface area contributed by atoms with Crippen LogP contribution in [0.3, 0.4) is 0 Å². The Morgan fingerprint density at radius 2 is 2.19 bits per heavy atom. The molecule has 1 aromatic carbocycles. The van der Waals surface area contributed by atoms with Crippen molar-refractivity contribution in [2.75, 3.05) is 13.7 Å². The normalized spacial score (nSPS) is 19.7. The molecule has 0 saturated carbocycles. The molecule has 0 radical (unpaired) electrons. The molecule has 1 aliphatic heterocycles. The first-order chi connectivity index (χ1) is 9.78. The van der Waals surface area contributed by atoms with Gasteiger partial charge >= 0.3 is 0 Å². The van der Waals surface area contributed by atoms with E-state index in [-0.39, 0.29) is 22.2 Å². The van der Waals surface area contributed by atoms with Crippen molar-refractivity contribution in [2.45, 2.75) is 23.8 Å². The fourth-order valence-corrected chi connectivity index (χ4v) is 5.40. The minimum Gasteiger partial charge on any atom is -0.494 e. The first-order valence-electron chi connectivity index (χ1n) is 6.13. The van der Waals surface area contributed by atoms with Crippen LogP contribution in [0.2, 0.25) is 5.02 Å². The van der Waals surface area contributed by atoms with Crippen LogP contribution < -0.4 is 10.5 Å². The molecule has 1 heterocycles. The van der Waals surface area contributed by atoms with Gasteiger partial charge in [0.05, 0.1) is 11.6 Å². The highest BCUT2D eigenvalue weighted by molar-refractivity contribution is 9.10. The second-order valence-corrected chi connectivity index (χ2v) is 7.74. The molecule has 2 N–H and O–H groups in total. The van der Waals surface area contributed by atoms with E-state index in [9.17, 15) is 13.2 Å². The molecular formula is C12H14BrClN2O4S. The number of ether oxygens (including phenoxy) is 1. The molecule has 6 nitrogen and oxygen atoms in total. The SMILES string of the molecule is COc1c(Br)cc(Cl)cc1S(=O)(=O)N1CCCC1C(N)=O. The average Bonchev–Trinajstić information content (AvgIpc) is 2.87. The van der Waals surface area contributed by atoms with Crippen molar-refractivity contribution in [3.8, 4) is 5.75 Å². The zero-order valence-corrected chi connectivity index (χ0v) is 14.3. The van der Waals surface area contributed by atoms with E-state index in [2.05, 4.69) is 15.9 Å². The number of benzene rings is 1. The number of nitrogens with two attached hydrogens (primary N) is 1. The van der Waals surface area contributed by atoms with Gasteiger partial charge in [-0.25, -0.2) is 8.42 Å². The van der Waals surface area contributed by atoms with Gasteiger partial charge in [0.25, 0.3) is 0 Å². The number of primary amides is 1. The lowest BCUT2D eigenvalue weighted by atomic mass is 10.2. The summed E-state index contributed by atoms with van der Waals surface area (Å²) in [5.74, 6) is -0.509. The molecule has 0 bridgehead atoms. The minimum absolute atomic E-state index is 0.0856. The maximum atomic E-state index is 12.8. The van der Waals surface area contributed by atoms with Gasteiger partial charge in [-0.15, -0.1) is 0 Å². The van der Waals surface area contributed by atoms with Gasteiger partial charge in [-0.05, 0) is 40.9 Å². The number of carbonyl (C=O) groups excluding carboxylic acids is 1. The van der Waals surface area contributed by atoms with Crippen molar-refractivity contribution in [1.29, 1.82) is 0 Å². The molecule has 0 aromatic heterocycles. The van der Waals surface area contributed by atoms with Crippen molar-refractivity contribution in [3.63, 3.8) is 0 Å². The van der Waals surface area contributed by atoms with Crippen LogP contribution in [0.1, 0.15) is 12.8 Å². The number of hydrogen-bond donors (Lipinski definition) is 1. The Morgan fingerprint density at radius 1 is 1.52 bits per heavy atom. The number of carbonyl (C=O) groups is 1. The Morgan fingerprint density at radius 3 is 2.76 bits per heavy atom. The van der Waals surface area contributed by atoms with Crippen LogP contribution in [0, 0.1) is 0 Å². The smallest absolute Gasteiger partial charge is 0.247 e. The fourth-order valence-electron chi connectivity index (χ4n) is 2.36. The number of nitrogens with zero attached hydrogens (tertiary/aromatic N) is 1. The van der Waals surface area contributed by atoms with E-state index in [4.69, 9.17) is 22.1 Å². The van der Waals surface area contributed by atoms with Gasteiger partial charge in [0, 0.05) is 11.6 Å². The zero-order chi connectivity index (χ0) is 15.8. The fraction of sp³-hybridized carbons (Fsp3) is 0.417. The predicted molar refractivity (Wildman–Crippen MR) is 81.8 cm³/mol. The standard InChI is InChI=1S/C12H14BrClN2O4S/c1-20-11-8(13)5-7(14)6-10(11)21(18,19)16-4-2-3-9(16)12(15)17/h5-6,9H,2-4H2,1H3,(H2,15,17). The number of rotatable bonds is 4. The number of methoxy groups -OCH3 is 1. The highest BCUT2D eigenvalue weighted by Gasteiger charge is 2.40. The molecular weight excluding hydrogens is 384 g/mol. The third-order valence-corrected chi connectivity index (χ3v) is 6.02. The summed E-state index contributed by atoms with van der Waals surface area (Å²) in [6.07, 6.45) is 0.996. The largest absolute Gasteiger partial charge is 0.494 e. The molecule has 0 spiro atoms. The van der Waals surface area contributed by atoms with Crippen molar-refractivity contribution < 1.29 is 17.9 Å². The van der Waals surface area contributed by atoms with E-state index < -0.39 is 22.0 Å². The first kappa shape index (κ1) is 16.5. The van der Waals surface area contributed by atoms with E-state index in [0.717, 1.165) is 4.31 Å². The van der Waals surface area contributed by atoms with Crippen molar-refractivity contribution in [1.82, 2.24) is 4.31 Å². The Kier molecular flexibility index (Phi) is 4.82. The lowest BCUT2D eigenvalue weighted by Gasteiger charge is -2.23. The molecule has 1 amide bonds. The summed E-state index contributed by atoms with van der Waals surface area (Å²) in [6.45, 7) is 0.239. The molecule has 2 rings (SSSR count). The summed E-state index contributed by atoms with van der Waals surface area (Å²) in [5, 5.41) is 0.246. The molecule has 1 aromatic rings. The number of sulfonamides is 1. The Hall–Kier alpha value is -0.830. The molecule has 9 heteroatoms. The van der Waals surface area contributed by atoms with Crippen LogP contribution in [0.25, 0.3) is 0 Å². The molecule has 0 aliphatic carbocycles. The lowest BCUT2D eigenvalue weighted by Crippen LogP contribution is -2.43. The van der Waals surface area contributed by atoms with Crippen LogP contribution in [0.15, 0.2) is 21.5 Å². The summed E-state index contributed by atoms with van der Waals surface area (Å²) in [4.78, 5) is 11.3. The van der Waals surface area contributed by atoms with Crippen LogP contribution in [0.4, 0.5) is 0 Å². The summed E-state index contributed by atoms with van der Waals surface area (Å²) < 4.78 is 32.3. The van der Waals surface area contributed by atoms with Gasteiger partial charge in [-0.2, -0.15) is 4.31 Å². The second-order valence-electron chi connectivity index (χ2n) is 4.60. The Balaban J connectivity index is 2.57. The van der Waals surface area contributed by atoms with Crippen molar-refractivity contribution in [2.24, 2.45) is 5.73 Å². The van der Waals surface area contributed by atoms with Gasteiger partial charge in [-0.3, -0.25) is 4.79 Å². The predicted octanol–water partition coefficient (Wildman–Crippen LogP) is 1.75. The summed E-state index contributed by atoms with van der Waals surface area (Å²) >= 11 is 9.15. The van der Waals surface area contributed by atoms with E-state index in [0.29, 0.717) is 17.3 Å². The molecule has 1 atom stereocenters. The van der Waals surface area contributed by atoms with Crippen molar-refractivity contribution in [3.05, 3.63) is 21.6 Å². The highest BCUT2D eigenvalue weighted by Crippen LogP contribution is 2.38. The van der Waals surface area contributed by atoms with E-state index in [1.165, 1.54) is 19.2 Å². The molecule has 1 aliphatic rings. The van der Waals surface area contributed by atoms with Crippen molar-refractivity contribution >= 4 is 43.5 Å². The van der Waals surface area contributed by atoms with Crippen LogP contribution >= 0.6 is 27.5 Å². The maximum Gasteiger partial charge on any atom is 0.247 e. The summed E-state index contributed by atoms with van der Waals surface area (Å²) in [5.41, 5.74) is 5.28. The van der Waals surface area contributed by atoms with E-state index >= 15 is 0 Å². The van der Waals surface area contributed by atoms with E-state index in [1.807, 2.05) is 0 Å². The third kappa shape index (κ3) is 3.03. The molecule has 116 valence electrons. The van der Waals surface area contributed by atoms with Crippen LogP contribution in [-0.4, -0.2) is 38.3 Å². The molecule has 1 saturated heterocycles. The highest BCUT2D eigenvalue weighted by atomic mass is 79.9. The quantitative estimate of drug-likeness (QED) is 0.838. The monoisotopic (exact) mass is 396 g/mol. The van der Waals surface area contributed by atoms with E-state index in [1.54, 1.807) is 0 Å². The number of hydrogen-bond acceptors (Lipinski definition) is 4. The number of halogens is 2. The average molecular weight is 398 g/mol. The van der Waals surface area contributed by atoms with Gasteiger partial charge in [0.1, 0.15) is 10.9 Å².